The Morgan fingerprint density at radius 1 is 1.29 bits per heavy atom. The summed E-state index contributed by atoms with van der Waals surface area (Å²) in [6.45, 7) is 7.57. The van der Waals surface area contributed by atoms with E-state index in [0.29, 0.717) is 13.1 Å². The number of hydrogen-bond acceptors (Lipinski definition) is 3. The first-order chi connectivity index (χ1) is 8.11. The van der Waals surface area contributed by atoms with Crippen LogP contribution in [0.2, 0.25) is 0 Å². The van der Waals surface area contributed by atoms with Gasteiger partial charge in [0.25, 0.3) is 0 Å². The Kier molecular flexibility index (Phi) is 5.72. The van der Waals surface area contributed by atoms with E-state index in [2.05, 4.69) is 19.2 Å². The Balaban J connectivity index is 2.39. The quantitative estimate of drug-likeness (QED) is 0.733. The summed E-state index contributed by atoms with van der Waals surface area (Å²) in [5.41, 5.74) is 0.594. The lowest BCUT2D eigenvalue weighted by Crippen LogP contribution is -2.40. The molecule has 0 bridgehead atoms. The zero-order valence-electron chi connectivity index (χ0n) is 11.3. The van der Waals surface area contributed by atoms with Crippen molar-refractivity contribution in [3.63, 3.8) is 0 Å². The third-order valence-electron chi connectivity index (χ3n) is 3.14. The van der Waals surface area contributed by atoms with Crippen molar-refractivity contribution >= 4 is 0 Å². The van der Waals surface area contributed by atoms with Crippen LogP contribution in [0.5, 0.6) is 0 Å². The molecule has 0 fully saturated rings. The minimum Gasteiger partial charge on any atom is -0.468 e. The number of nitrogens with one attached hydrogen (secondary N) is 1. The summed E-state index contributed by atoms with van der Waals surface area (Å²) >= 11 is 0. The Morgan fingerprint density at radius 3 is 2.41 bits per heavy atom. The standard InChI is InChI=1S/C14H25NO2/c1-4-7-14(16,8-5-2)11-15-10-13-12(3)6-9-17-13/h6,9,15-16H,4-5,7-8,10-11H2,1-3H3. The van der Waals surface area contributed by atoms with Gasteiger partial charge in [-0.05, 0) is 31.4 Å². The van der Waals surface area contributed by atoms with Gasteiger partial charge in [0.2, 0.25) is 0 Å². The normalized spacial score (nSPS) is 12.0. The van der Waals surface area contributed by atoms with E-state index in [1.165, 1.54) is 0 Å². The maximum atomic E-state index is 10.4. The Labute approximate surface area is 104 Å². The topological polar surface area (TPSA) is 45.4 Å². The van der Waals surface area contributed by atoms with Crippen molar-refractivity contribution in [3.05, 3.63) is 23.7 Å². The van der Waals surface area contributed by atoms with Crippen LogP contribution in [0.4, 0.5) is 0 Å². The third-order valence-corrected chi connectivity index (χ3v) is 3.14. The molecule has 0 aromatic carbocycles. The predicted octanol–water partition coefficient (Wildman–Crippen LogP) is 3.01. The van der Waals surface area contributed by atoms with Crippen molar-refractivity contribution in [3.8, 4) is 0 Å². The first kappa shape index (κ1) is 14.3. The first-order valence-corrected chi connectivity index (χ1v) is 6.57. The molecule has 0 atom stereocenters. The van der Waals surface area contributed by atoms with Crippen LogP contribution in [-0.4, -0.2) is 17.3 Å². The Bertz CT molecular complexity index is 314. The van der Waals surface area contributed by atoms with Gasteiger partial charge in [0.05, 0.1) is 18.4 Å². The average molecular weight is 239 g/mol. The van der Waals surface area contributed by atoms with Crippen LogP contribution < -0.4 is 5.32 Å². The number of aliphatic hydroxyl groups is 1. The van der Waals surface area contributed by atoms with Crippen LogP contribution in [0.25, 0.3) is 0 Å². The van der Waals surface area contributed by atoms with Crippen molar-refractivity contribution in [1.82, 2.24) is 5.32 Å². The maximum absolute atomic E-state index is 10.4. The van der Waals surface area contributed by atoms with E-state index in [9.17, 15) is 5.11 Å². The molecule has 3 nitrogen and oxygen atoms in total. The molecule has 0 saturated heterocycles. The monoisotopic (exact) mass is 239 g/mol. The van der Waals surface area contributed by atoms with E-state index in [4.69, 9.17) is 4.42 Å². The van der Waals surface area contributed by atoms with E-state index < -0.39 is 5.60 Å². The van der Waals surface area contributed by atoms with Gasteiger partial charge in [-0.2, -0.15) is 0 Å². The summed E-state index contributed by atoms with van der Waals surface area (Å²) < 4.78 is 5.35. The molecule has 1 rings (SSSR count). The fourth-order valence-corrected chi connectivity index (χ4v) is 2.23. The molecule has 0 aliphatic rings. The van der Waals surface area contributed by atoms with Crippen LogP contribution in [0.3, 0.4) is 0 Å². The molecule has 0 aliphatic heterocycles. The molecule has 0 amide bonds. The molecular weight excluding hydrogens is 214 g/mol. The highest BCUT2D eigenvalue weighted by Gasteiger charge is 2.24. The predicted molar refractivity (Wildman–Crippen MR) is 69.9 cm³/mol. The van der Waals surface area contributed by atoms with Crippen LogP contribution in [-0.2, 0) is 6.54 Å². The molecule has 3 heteroatoms. The summed E-state index contributed by atoms with van der Waals surface area (Å²) in [6.07, 6.45) is 5.43. The van der Waals surface area contributed by atoms with E-state index in [-0.39, 0.29) is 0 Å². The lowest BCUT2D eigenvalue weighted by atomic mass is 9.92. The molecule has 1 aromatic rings. The van der Waals surface area contributed by atoms with Gasteiger partial charge < -0.3 is 14.8 Å². The zero-order valence-corrected chi connectivity index (χ0v) is 11.3. The number of aryl methyl sites for hydroxylation is 1. The van der Waals surface area contributed by atoms with Crippen LogP contribution >= 0.6 is 0 Å². The molecule has 17 heavy (non-hydrogen) atoms. The minimum atomic E-state index is -0.565. The van der Waals surface area contributed by atoms with E-state index >= 15 is 0 Å². The molecule has 0 saturated carbocycles. The van der Waals surface area contributed by atoms with Gasteiger partial charge in [-0.15, -0.1) is 0 Å². The summed E-state index contributed by atoms with van der Waals surface area (Å²) in [6, 6.07) is 1.96. The van der Waals surface area contributed by atoms with Crippen molar-refractivity contribution in [1.29, 1.82) is 0 Å². The molecule has 0 radical (unpaired) electrons. The lowest BCUT2D eigenvalue weighted by Gasteiger charge is -2.27. The SMILES string of the molecule is CCCC(O)(CCC)CNCc1occc1C. The third kappa shape index (κ3) is 4.52. The van der Waals surface area contributed by atoms with Crippen molar-refractivity contribution in [2.45, 2.75) is 58.6 Å². The number of furan rings is 1. The minimum absolute atomic E-state index is 0.565. The fourth-order valence-electron chi connectivity index (χ4n) is 2.23. The molecule has 0 spiro atoms. The van der Waals surface area contributed by atoms with Gasteiger partial charge in [-0.3, -0.25) is 0 Å². The van der Waals surface area contributed by atoms with Gasteiger partial charge in [0, 0.05) is 6.54 Å². The summed E-state index contributed by atoms with van der Waals surface area (Å²) in [7, 11) is 0. The zero-order chi connectivity index (χ0) is 12.7. The molecule has 0 aliphatic carbocycles. The molecular formula is C14H25NO2. The smallest absolute Gasteiger partial charge is 0.120 e. The van der Waals surface area contributed by atoms with E-state index in [1.807, 2.05) is 13.0 Å². The molecule has 1 heterocycles. The molecule has 1 aromatic heterocycles. The second kappa shape index (κ2) is 6.82. The van der Waals surface area contributed by atoms with Crippen molar-refractivity contribution in [2.75, 3.05) is 6.54 Å². The Morgan fingerprint density at radius 2 is 1.94 bits per heavy atom. The van der Waals surface area contributed by atoms with Crippen LogP contribution in [0, 0.1) is 6.92 Å². The molecule has 0 unspecified atom stereocenters. The lowest BCUT2D eigenvalue weighted by molar-refractivity contribution is 0.0211. The highest BCUT2D eigenvalue weighted by Crippen LogP contribution is 2.19. The van der Waals surface area contributed by atoms with Gasteiger partial charge in [-0.1, -0.05) is 26.7 Å². The first-order valence-electron chi connectivity index (χ1n) is 6.57. The highest BCUT2D eigenvalue weighted by atomic mass is 16.3. The Hall–Kier alpha value is -0.800. The largest absolute Gasteiger partial charge is 0.468 e. The number of rotatable bonds is 8. The van der Waals surface area contributed by atoms with Crippen molar-refractivity contribution in [2.24, 2.45) is 0 Å². The van der Waals surface area contributed by atoms with Crippen LogP contribution in [0.15, 0.2) is 16.7 Å². The second-order valence-electron chi connectivity index (χ2n) is 4.85. The van der Waals surface area contributed by atoms with E-state index in [0.717, 1.165) is 37.0 Å². The second-order valence-corrected chi connectivity index (χ2v) is 4.85. The average Bonchev–Trinajstić information content (AvgIpc) is 2.65. The highest BCUT2D eigenvalue weighted by molar-refractivity contribution is 5.14. The van der Waals surface area contributed by atoms with Gasteiger partial charge >= 0.3 is 0 Å². The van der Waals surface area contributed by atoms with Crippen LogP contribution in [0.1, 0.15) is 50.9 Å². The van der Waals surface area contributed by atoms with Gasteiger partial charge in [0.1, 0.15) is 5.76 Å². The van der Waals surface area contributed by atoms with Crippen molar-refractivity contribution < 1.29 is 9.52 Å². The molecule has 2 N–H and O–H groups in total. The fraction of sp³-hybridized carbons (Fsp3) is 0.714. The van der Waals surface area contributed by atoms with Gasteiger partial charge in [0.15, 0.2) is 0 Å². The number of hydrogen-bond donors (Lipinski definition) is 2. The van der Waals surface area contributed by atoms with E-state index in [1.54, 1.807) is 6.26 Å². The molecule has 98 valence electrons. The summed E-state index contributed by atoms with van der Waals surface area (Å²) in [5, 5.41) is 13.7. The summed E-state index contributed by atoms with van der Waals surface area (Å²) in [5.74, 6) is 0.959. The maximum Gasteiger partial charge on any atom is 0.120 e. The van der Waals surface area contributed by atoms with Gasteiger partial charge in [-0.25, -0.2) is 0 Å². The summed E-state index contributed by atoms with van der Waals surface area (Å²) in [4.78, 5) is 0.